The molecule has 1 aromatic heterocycles. The average Bonchev–Trinajstić information content (AvgIpc) is 3.34. The number of hydrogen-bond donors (Lipinski definition) is 1. The van der Waals surface area contributed by atoms with E-state index in [2.05, 4.69) is 26.9 Å². The van der Waals surface area contributed by atoms with E-state index in [0.29, 0.717) is 5.16 Å². The molecule has 0 spiro atoms. The number of amides is 1. The molecule has 1 fully saturated rings. The number of aromatic nitrogens is 4. The van der Waals surface area contributed by atoms with Gasteiger partial charge in [0.25, 0.3) is 0 Å². The van der Waals surface area contributed by atoms with E-state index in [0.717, 1.165) is 29.7 Å². The Morgan fingerprint density at radius 3 is 2.72 bits per heavy atom. The van der Waals surface area contributed by atoms with Crippen molar-refractivity contribution in [2.75, 3.05) is 5.75 Å². The molecule has 3 rings (SSSR count). The summed E-state index contributed by atoms with van der Waals surface area (Å²) in [6.45, 7) is 5.78. The Bertz CT molecular complexity index is 818. The normalized spacial score (nSPS) is 16.1. The predicted octanol–water partition coefficient (Wildman–Crippen LogP) is 2.18. The molecule has 7 nitrogen and oxygen atoms in total. The molecule has 25 heavy (non-hydrogen) atoms. The van der Waals surface area contributed by atoms with Gasteiger partial charge < -0.3 is 5.32 Å². The zero-order chi connectivity index (χ0) is 18.0. The van der Waals surface area contributed by atoms with Crippen molar-refractivity contribution >= 4 is 17.7 Å². The average molecular weight is 356 g/mol. The van der Waals surface area contributed by atoms with Gasteiger partial charge in [-0.2, -0.15) is 9.94 Å². The van der Waals surface area contributed by atoms with Crippen LogP contribution in [0.25, 0.3) is 5.69 Å². The first kappa shape index (κ1) is 17.4. The molecule has 1 unspecified atom stereocenters. The molecule has 0 aliphatic heterocycles. The number of nitriles is 1. The molecule has 1 aliphatic carbocycles. The van der Waals surface area contributed by atoms with E-state index >= 15 is 0 Å². The summed E-state index contributed by atoms with van der Waals surface area (Å²) < 4.78 is 1.66. The van der Waals surface area contributed by atoms with Gasteiger partial charge in [-0.25, -0.2) is 0 Å². The van der Waals surface area contributed by atoms with Crippen LogP contribution in [-0.4, -0.2) is 37.4 Å². The topological polar surface area (TPSA) is 96.5 Å². The summed E-state index contributed by atoms with van der Waals surface area (Å²) >= 11 is 1.26. The van der Waals surface area contributed by atoms with E-state index in [1.807, 2.05) is 32.0 Å². The van der Waals surface area contributed by atoms with Crippen molar-refractivity contribution in [2.45, 2.75) is 44.3 Å². The van der Waals surface area contributed by atoms with Crippen LogP contribution < -0.4 is 5.32 Å². The van der Waals surface area contributed by atoms with Crippen LogP contribution in [-0.2, 0) is 4.79 Å². The largest absolute Gasteiger partial charge is 0.337 e. The summed E-state index contributed by atoms with van der Waals surface area (Å²) in [7, 11) is 0. The quantitative estimate of drug-likeness (QED) is 0.797. The third kappa shape index (κ3) is 3.66. The van der Waals surface area contributed by atoms with Crippen LogP contribution in [0.1, 0.15) is 30.9 Å². The van der Waals surface area contributed by atoms with Gasteiger partial charge in [0.05, 0.1) is 17.5 Å². The first-order valence-corrected chi connectivity index (χ1v) is 9.13. The molecule has 1 amide bonds. The first-order chi connectivity index (χ1) is 11.9. The number of rotatable bonds is 6. The second-order valence-corrected chi connectivity index (χ2v) is 7.48. The number of thioether (sulfide) groups is 1. The van der Waals surface area contributed by atoms with Crippen LogP contribution in [0.3, 0.4) is 0 Å². The van der Waals surface area contributed by atoms with Gasteiger partial charge in [0, 0.05) is 0 Å². The van der Waals surface area contributed by atoms with Crippen LogP contribution in [0, 0.1) is 31.1 Å². The van der Waals surface area contributed by atoms with E-state index in [-0.39, 0.29) is 17.6 Å². The summed E-state index contributed by atoms with van der Waals surface area (Å²) in [6, 6.07) is 8.21. The lowest BCUT2D eigenvalue weighted by Gasteiger charge is -2.22. The maximum absolute atomic E-state index is 12.3. The maximum atomic E-state index is 12.3. The minimum Gasteiger partial charge on any atom is -0.337 e. The Labute approximate surface area is 150 Å². The van der Waals surface area contributed by atoms with Gasteiger partial charge in [-0.05, 0) is 61.1 Å². The Morgan fingerprint density at radius 2 is 2.12 bits per heavy atom. The third-order valence-corrected chi connectivity index (χ3v) is 5.37. The van der Waals surface area contributed by atoms with Crippen LogP contribution >= 0.6 is 11.8 Å². The lowest BCUT2D eigenvalue weighted by molar-refractivity contribution is -0.119. The van der Waals surface area contributed by atoms with Crippen molar-refractivity contribution in [3.63, 3.8) is 0 Å². The van der Waals surface area contributed by atoms with E-state index in [9.17, 15) is 10.1 Å². The molecular weight excluding hydrogens is 336 g/mol. The number of carbonyl (C=O) groups is 1. The van der Waals surface area contributed by atoms with Crippen molar-refractivity contribution in [3.8, 4) is 11.8 Å². The Morgan fingerprint density at radius 1 is 1.44 bits per heavy atom. The number of para-hydroxylation sites is 1. The molecule has 1 aliphatic rings. The fourth-order valence-corrected chi connectivity index (χ4v) is 3.56. The van der Waals surface area contributed by atoms with Gasteiger partial charge in [-0.3, -0.25) is 4.79 Å². The molecule has 0 bridgehead atoms. The molecule has 1 atom stereocenters. The van der Waals surface area contributed by atoms with Crippen molar-refractivity contribution in [1.82, 2.24) is 25.5 Å². The summed E-state index contributed by atoms with van der Waals surface area (Å²) in [4.78, 5) is 12.3. The summed E-state index contributed by atoms with van der Waals surface area (Å²) in [5.74, 6) is 0.235. The van der Waals surface area contributed by atoms with Gasteiger partial charge in [0.15, 0.2) is 0 Å². The summed E-state index contributed by atoms with van der Waals surface area (Å²) in [5, 5.41) is 24.6. The minimum atomic E-state index is -0.782. The fraction of sp³-hybridized carbons (Fsp3) is 0.471. The highest BCUT2D eigenvalue weighted by molar-refractivity contribution is 7.99. The smallest absolute Gasteiger partial charge is 0.231 e. The second kappa shape index (κ2) is 6.84. The van der Waals surface area contributed by atoms with Gasteiger partial charge >= 0.3 is 0 Å². The zero-order valence-electron chi connectivity index (χ0n) is 14.5. The number of hydrogen-bond acceptors (Lipinski definition) is 6. The van der Waals surface area contributed by atoms with Crippen molar-refractivity contribution in [2.24, 2.45) is 5.92 Å². The molecule has 0 radical (unpaired) electrons. The number of carbonyl (C=O) groups excluding carboxylic acids is 1. The lowest BCUT2D eigenvalue weighted by Crippen LogP contribution is -2.47. The molecule has 2 aromatic rings. The Balaban J connectivity index is 1.70. The number of nitrogens with one attached hydrogen (secondary N) is 1. The monoisotopic (exact) mass is 356 g/mol. The molecule has 1 heterocycles. The minimum absolute atomic E-state index is 0.162. The van der Waals surface area contributed by atoms with E-state index in [1.54, 1.807) is 11.6 Å². The first-order valence-electron chi connectivity index (χ1n) is 8.14. The highest BCUT2D eigenvalue weighted by Gasteiger charge is 2.42. The Hall–Kier alpha value is -2.40. The highest BCUT2D eigenvalue weighted by Crippen LogP contribution is 2.39. The molecule has 130 valence electrons. The van der Waals surface area contributed by atoms with Crippen LogP contribution in [0.4, 0.5) is 0 Å². The maximum Gasteiger partial charge on any atom is 0.231 e. The molecule has 8 heteroatoms. The van der Waals surface area contributed by atoms with Crippen LogP contribution in [0.15, 0.2) is 23.4 Å². The van der Waals surface area contributed by atoms with Gasteiger partial charge in [-0.15, -0.1) is 5.10 Å². The number of nitrogens with zero attached hydrogens (tertiary/aromatic N) is 5. The second-order valence-electron chi connectivity index (χ2n) is 6.54. The standard InChI is InChI=1S/C17H20N6OS/c1-11-5-4-6-12(2)15(11)23-16(20-21-22-23)25-9-14(24)19-17(3,10-18)13-7-8-13/h4-6,13H,7-9H2,1-3H3,(H,19,24). The van der Waals surface area contributed by atoms with Crippen LogP contribution in [0.5, 0.6) is 0 Å². The SMILES string of the molecule is Cc1cccc(C)c1-n1nnnc1SCC(=O)NC(C)(C#N)C1CC1. The molecule has 0 saturated heterocycles. The molecular formula is C17H20N6OS. The van der Waals surface area contributed by atoms with Gasteiger partial charge in [0.2, 0.25) is 11.1 Å². The van der Waals surface area contributed by atoms with E-state index in [4.69, 9.17) is 0 Å². The molecule has 1 aromatic carbocycles. The fourth-order valence-electron chi connectivity index (χ4n) is 2.89. The molecule has 1 N–H and O–H groups in total. The number of tetrazole rings is 1. The van der Waals surface area contributed by atoms with Gasteiger partial charge in [-0.1, -0.05) is 30.0 Å². The Kier molecular flexibility index (Phi) is 4.77. The van der Waals surface area contributed by atoms with E-state index in [1.165, 1.54) is 11.8 Å². The molecule has 1 saturated carbocycles. The number of aryl methyl sites for hydroxylation is 2. The third-order valence-electron chi connectivity index (χ3n) is 4.45. The van der Waals surface area contributed by atoms with Gasteiger partial charge in [0.1, 0.15) is 5.54 Å². The predicted molar refractivity (Wildman–Crippen MR) is 94.2 cm³/mol. The summed E-state index contributed by atoms with van der Waals surface area (Å²) in [5.41, 5.74) is 2.26. The zero-order valence-corrected chi connectivity index (χ0v) is 15.3. The highest BCUT2D eigenvalue weighted by atomic mass is 32.2. The number of benzene rings is 1. The van der Waals surface area contributed by atoms with E-state index < -0.39 is 5.54 Å². The lowest BCUT2D eigenvalue weighted by atomic mass is 9.98. The van der Waals surface area contributed by atoms with Crippen molar-refractivity contribution in [1.29, 1.82) is 5.26 Å². The van der Waals surface area contributed by atoms with Crippen molar-refractivity contribution < 1.29 is 4.79 Å². The van der Waals surface area contributed by atoms with Crippen molar-refractivity contribution in [3.05, 3.63) is 29.3 Å². The van der Waals surface area contributed by atoms with Crippen LogP contribution in [0.2, 0.25) is 0 Å². The summed E-state index contributed by atoms with van der Waals surface area (Å²) in [6.07, 6.45) is 1.98.